The number of benzene rings is 1. The van der Waals surface area contributed by atoms with E-state index in [0.29, 0.717) is 22.6 Å². The maximum Gasteiger partial charge on any atom is 0.263 e. The summed E-state index contributed by atoms with van der Waals surface area (Å²) in [6.45, 7) is 7.26. The Morgan fingerprint density at radius 1 is 1.08 bits per heavy atom. The lowest BCUT2D eigenvalue weighted by Gasteiger charge is -2.10. The first-order chi connectivity index (χ1) is 11.3. The second-order valence-corrected chi connectivity index (χ2v) is 7.51. The van der Waals surface area contributed by atoms with Crippen molar-refractivity contribution in [2.24, 2.45) is 0 Å². The van der Waals surface area contributed by atoms with Gasteiger partial charge in [0.05, 0.1) is 4.90 Å². The van der Waals surface area contributed by atoms with Crippen molar-refractivity contribution >= 4 is 15.8 Å². The zero-order valence-electron chi connectivity index (χ0n) is 14.0. The Kier molecular flexibility index (Phi) is 3.96. The van der Waals surface area contributed by atoms with Gasteiger partial charge in [0.1, 0.15) is 11.5 Å². The Bertz CT molecular complexity index is 1000. The summed E-state index contributed by atoms with van der Waals surface area (Å²) in [5.41, 5.74) is 2.90. The van der Waals surface area contributed by atoms with Crippen molar-refractivity contribution in [3.05, 3.63) is 52.8 Å². The van der Waals surface area contributed by atoms with Crippen LogP contribution in [-0.4, -0.2) is 18.6 Å². The lowest BCUT2D eigenvalue weighted by molar-refractivity contribution is 0.546. The molecule has 0 radical (unpaired) electrons. The number of anilines is 1. The molecule has 3 aromatic rings. The molecule has 24 heavy (non-hydrogen) atoms. The second kappa shape index (κ2) is 5.83. The van der Waals surface area contributed by atoms with Crippen LogP contribution in [0.5, 0.6) is 0 Å². The molecule has 0 saturated carbocycles. The minimum absolute atomic E-state index is 0.250. The zero-order valence-corrected chi connectivity index (χ0v) is 14.8. The topological polar surface area (TPSA) is 88.0 Å². The summed E-state index contributed by atoms with van der Waals surface area (Å²) in [7, 11) is -3.72. The molecule has 0 bridgehead atoms. The van der Waals surface area contributed by atoms with Gasteiger partial charge >= 0.3 is 0 Å². The highest BCUT2D eigenvalue weighted by molar-refractivity contribution is 7.92. The fraction of sp³-hybridized carbons (Fsp3) is 0.235. The number of nitrogens with one attached hydrogen (secondary N) is 2. The van der Waals surface area contributed by atoms with Gasteiger partial charge in [-0.05, 0) is 57.0 Å². The molecule has 7 heteroatoms. The van der Waals surface area contributed by atoms with Crippen LogP contribution in [0.3, 0.4) is 0 Å². The first-order valence-electron chi connectivity index (χ1n) is 7.50. The summed E-state index contributed by atoms with van der Waals surface area (Å²) in [6, 6.07) is 8.98. The van der Waals surface area contributed by atoms with Gasteiger partial charge in [0.2, 0.25) is 0 Å². The largest absolute Gasteiger partial charge is 0.460 e. The molecular formula is C17H19N3O3S. The average Bonchev–Trinajstić information content (AvgIpc) is 3.08. The number of nitrogens with zero attached hydrogens (tertiary/aromatic N) is 1. The van der Waals surface area contributed by atoms with E-state index in [1.54, 1.807) is 26.0 Å². The van der Waals surface area contributed by atoms with Crippen molar-refractivity contribution in [2.75, 3.05) is 4.72 Å². The van der Waals surface area contributed by atoms with Gasteiger partial charge in [-0.25, -0.2) is 8.42 Å². The standard InChI is InChI=1S/C17H19N3O3S/c1-10-5-6-11(2)15(9-10)24(21,22)20-17-13(4)16(18-19-17)14-8-7-12(3)23-14/h5-9H,1-4H3,(H2,18,19,20). The number of aromatic amines is 1. The number of hydrogen-bond donors (Lipinski definition) is 2. The summed E-state index contributed by atoms with van der Waals surface area (Å²) >= 11 is 0. The average molecular weight is 345 g/mol. The Balaban J connectivity index is 1.97. The lowest BCUT2D eigenvalue weighted by atomic mass is 10.2. The van der Waals surface area contributed by atoms with Crippen LogP contribution in [0.1, 0.15) is 22.5 Å². The predicted octanol–water partition coefficient (Wildman–Crippen LogP) is 3.70. The number of rotatable bonds is 4. The van der Waals surface area contributed by atoms with Crippen LogP contribution in [-0.2, 0) is 10.0 Å². The van der Waals surface area contributed by atoms with Crippen molar-refractivity contribution in [3.63, 3.8) is 0 Å². The molecule has 2 N–H and O–H groups in total. The van der Waals surface area contributed by atoms with Gasteiger partial charge in [0, 0.05) is 5.56 Å². The fourth-order valence-electron chi connectivity index (χ4n) is 2.49. The number of aryl methyl sites for hydroxylation is 3. The molecule has 0 saturated heterocycles. The van der Waals surface area contributed by atoms with Gasteiger partial charge in [-0.3, -0.25) is 9.82 Å². The summed E-state index contributed by atoms with van der Waals surface area (Å²) in [6.07, 6.45) is 0. The van der Waals surface area contributed by atoms with Gasteiger partial charge in [-0.15, -0.1) is 0 Å². The van der Waals surface area contributed by atoms with E-state index in [1.165, 1.54) is 0 Å². The summed E-state index contributed by atoms with van der Waals surface area (Å²) < 4.78 is 33.5. The van der Waals surface area contributed by atoms with E-state index < -0.39 is 10.0 Å². The van der Waals surface area contributed by atoms with E-state index in [-0.39, 0.29) is 10.7 Å². The van der Waals surface area contributed by atoms with E-state index in [0.717, 1.165) is 11.3 Å². The highest BCUT2D eigenvalue weighted by atomic mass is 32.2. The molecule has 0 aliphatic rings. The minimum atomic E-state index is -3.72. The van der Waals surface area contributed by atoms with E-state index in [2.05, 4.69) is 14.9 Å². The summed E-state index contributed by atoms with van der Waals surface area (Å²) in [5.74, 6) is 1.66. The number of aromatic nitrogens is 2. The number of sulfonamides is 1. The van der Waals surface area contributed by atoms with Gasteiger partial charge in [-0.2, -0.15) is 5.10 Å². The highest BCUT2D eigenvalue weighted by Gasteiger charge is 2.21. The number of furan rings is 1. The van der Waals surface area contributed by atoms with Crippen molar-refractivity contribution in [3.8, 4) is 11.5 Å². The van der Waals surface area contributed by atoms with Gasteiger partial charge < -0.3 is 4.42 Å². The van der Waals surface area contributed by atoms with Crippen LogP contribution in [0.4, 0.5) is 5.82 Å². The maximum absolute atomic E-state index is 12.7. The maximum atomic E-state index is 12.7. The van der Waals surface area contributed by atoms with Crippen LogP contribution in [0.15, 0.2) is 39.6 Å². The Labute approximate surface area is 141 Å². The van der Waals surface area contributed by atoms with Gasteiger partial charge in [-0.1, -0.05) is 12.1 Å². The molecule has 0 atom stereocenters. The van der Waals surface area contributed by atoms with Crippen LogP contribution < -0.4 is 4.72 Å². The molecule has 0 spiro atoms. The first-order valence-corrected chi connectivity index (χ1v) is 8.98. The monoisotopic (exact) mass is 345 g/mol. The SMILES string of the molecule is Cc1ccc(C)c(S(=O)(=O)Nc2n[nH]c(-c3ccc(C)o3)c2C)c1. The van der Waals surface area contributed by atoms with Crippen molar-refractivity contribution in [1.82, 2.24) is 10.2 Å². The van der Waals surface area contributed by atoms with Gasteiger partial charge in [0.15, 0.2) is 11.6 Å². The zero-order chi connectivity index (χ0) is 17.5. The third-order valence-electron chi connectivity index (χ3n) is 3.86. The Morgan fingerprint density at radius 3 is 2.50 bits per heavy atom. The van der Waals surface area contributed by atoms with Crippen molar-refractivity contribution in [1.29, 1.82) is 0 Å². The first kappa shape index (κ1) is 16.3. The molecule has 1 aromatic carbocycles. The van der Waals surface area contributed by atoms with E-state index in [4.69, 9.17) is 4.42 Å². The van der Waals surface area contributed by atoms with E-state index in [9.17, 15) is 8.42 Å². The molecule has 0 aliphatic heterocycles. The Morgan fingerprint density at radius 2 is 1.83 bits per heavy atom. The lowest BCUT2D eigenvalue weighted by Crippen LogP contribution is -2.15. The third-order valence-corrected chi connectivity index (χ3v) is 5.34. The van der Waals surface area contributed by atoms with Crippen LogP contribution in [0, 0.1) is 27.7 Å². The normalized spacial score (nSPS) is 11.7. The highest BCUT2D eigenvalue weighted by Crippen LogP contribution is 2.29. The quantitative estimate of drug-likeness (QED) is 0.754. The Hall–Kier alpha value is -2.54. The fourth-order valence-corrected chi connectivity index (χ4v) is 3.88. The molecule has 0 amide bonds. The number of hydrogen-bond acceptors (Lipinski definition) is 4. The predicted molar refractivity (Wildman–Crippen MR) is 92.5 cm³/mol. The minimum Gasteiger partial charge on any atom is -0.460 e. The van der Waals surface area contributed by atoms with Crippen molar-refractivity contribution in [2.45, 2.75) is 32.6 Å². The molecule has 3 rings (SSSR count). The van der Waals surface area contributed by atoms with Crippen molar-refractivity contribution < 1.29 is 12.8 Å². The molecule has 2 heterocycles. The summed E-state index contributed by atoms with van der Waals surface area (Å²) in [5, 5.41) is 6.92. The molecule has 0 fully saturated rings. The molecule has 0 unspecified atom stereocenters. The summed E-state index contributed by atoms with van der Waals surface area (Å²) in [4.78, 5) is 0.250. The molecular weight excluding hydrogens is 326 g/mol. The van der Waals surface area contributed by atoms with E-state index >= 15 is 0 Å². The molecule has 2 aromatic heterocycles. The molecule has 6 nitrogen and oxygen atoms in total. The van der Waals surface area contributed by atoms with Crippen LogP contribution in [0.2, 0.25) is 0 Å². The third kappa shape index (κ3) is 2.94. The smallest absolute Gasteiger partial charge is 0.263 e. The van der Waals surface area contributed by atoms with Crippen LogP contribution >= 0.6 is 0 Å². The molecule has 0 aliphatic carbocycles. The second-order valence-electron chi connectivity index (χ2n) is 5.86. The van der Waals surface area contributed by atoms with E-state index in [1.807, 2.05) is 32.0 Å². The van der Waals surface area contributed by atoms with Gasteiger partial charge in [0.25, 0.3) is 10.0 Å². The number of H-pyrrole nitrogens is 1. The molecule has 126 valence electrons. The van der Waals surface area contributed by atoms with Crippen LogP contribution in [0.25, 0.3) is 11.5 Å².